The molecule has 0 fully saturated rings. The van der Waals surface area contributed by atoms with Crippen molar-refractivity contribution in [1.82, 2.24) is 20.4 Å². The van der Waals surface area contributed by atoms with Gasteiger partial charge in [0.2, 0.25) is 5.89 Å². The SMILES string of the molecule is C#CCOc1cc(-n2nc(C(C)(C)C)oc2=O)c(Cl)cc1Cl.Cc1ccc(C(=O)O)c(C2=NC(C)(C(C)C)C(=O)N2)c1.Cc1ccc(C2=NC(C)(C(C)C)C(=O)N2)c(C(=O)O)c1. The summed E-state index contributed by atoms with van der Waals surface area (Å²) in [5.41, 5.74) is 1.15. The van der Waals surface area contributed by atoms with Crippen molar-refractivity contribution in [3.63, 3.8) is 0 Å². The lowest BCUT2D eigenvalue weighted by molar-refractivity contribution is -0.125. The summed E-state index contributed by atoms with van der Waals surface area (Å²) >= 11 is 12.2. The molecule has 1 aromatic heterocycles. The van der Waals surface area contributed by atoms with Crippen LogP contribution in [0.3, 0.4) is 0 Å². The van der Waals surface area contributed by atoms with E-state index in [0.29, 0.717) is 40.1 Å². The van der Waals surface area contributed by atoms with Gasteiger partial charge in [-0.05, 0) is 63.8 Å². The van der Waals surface area contributed by atoms with E-state index in [4.69, 9.17) is 38.8 Å². The normalized spacial score (nSPS) is 18.1. The van der Waals surface area contributed by atoms with Crippen LogP contribution in [0, 0.1) is 38.0 Å². The maximum Gasteiger partial charge on any atom is 0.442 e. The second-order valence-electron chi connectivity index (χ2n) is 16.7. The lowest BCUT2D eigenvalue weighted by atomic mass is 9.89. The molecule has 4 aromatic rings. The number of benzene rings is 3. The fraction of sp³-hybridized carbons (Fsp3) is 0.378. The van der Waals surface area contributed by atoms with Gasteiger partial charge in [-0.25, -0.2) is 14.4 Å². The van der Waals surface area contributed by atoms with Gasteiger partial charge < -0.3 is 30.0 Å². The lowest BCUT2D eigenvalue weighted by Crippen LogP contribution is -2.41. The fourth-order valence-corrected chi connectivity index (χ4v) is 6.37. The van der Waals surface area contributed by atoms with Crippen molar-refractivity contribution in [2.75, 3.05) is 6.61 Å². The van der Waals surface area contributed by atoms with Crippen LogP contribution in [0.5, 0.6) is 5.75 Å². The first kappa shape index (κ1) is 48.4. The van der Waals surface area contributed by atoms with E-state index in [0.717, 1.165) is 15.8 Å². The number of ether oxygens (including phenoxy) is 1. The Morgan fingerprint density at radius 3 is 1.81 bits per heavy atom. The highest BCUT2D eigenvalue weighted by Gasteiger charge is 2.43. The van der Waals surface area contributed by atoms with Crippen LogP contribution in [0.15, 0.2) is 67.7 Å². The summed E-state index contributed by atoms with van der Waals surface area (Å²) < 4.78 is 11.6. The zero-order valence-electron chi connectivity index (χ0n) is 36.4. The monoisotopic (exact) mass is 888 g/mol. The van der Waals surface area contributed by atoms with Crippen LogP contribution < -0.4 is 21.1 Å². The summed E-state index contributed by atoms with van der Waals surface area (Å²) in [6.07, 6.45) is 5.15. The minimum Gasteiger partial charge on any atom is -0.479 e. The molecule has 17 heteroatoms. The van der Waals surface area contributed by atoms with E-state index in [1.807, 2.05) is 68.4 Å². The molecule has 62 heavy (non-hydrogen) atoms. The highest BCUT2D eigenvalue weighted by molar-refractivity contribution is 6.36. The number of amidine groups is 2. The number of carboxylic acids is 2. The van der Waals surface area contributed by atoms with Crippen LogP contribution in [0.2, 0.25) is 10.0 Å². The number of aromatic nitrogens is 2. The highest BCUT2D eigenvalue weighted by atomic mass is 35.5. The van der Waals surface area contributed by atoms with Crippen LogP contribution in [0.25, 0.3) is 5.69 Å². The van der Waals surface area contributed by atoms with Gasteiger partial charge in [-0.2, -0.15) is 4.68 Å². The lowest BCUT2D eigenvalue weighted by Gasteiger charge is -2.21. The molecule has 15 nitrogen and oxygen atoms in total. The third-order valence-corrected chi connectivity index (χ3v) is 11.0. The van der Waals surface area contributed by atoms with Crippen LogP contribution in [0.4, 0.5) is 0 Å². The number of terminal acetylenes is 1. The topological polar surface area (TPSA) is 215 Å². The number of halogens is 2. The van der Waals surface area contributed by atoms with Crippen molar-refractivity contribution in [3.05, 3.63) is 108 Å². The smallest absolute Gasteiger partial charge is 0.442 e. The molecule has 2 atom stereocenters. The molecule has 0 aliphatic carbocycles. The second-order valence-corrected chi connectivity index (χ2v) is 17.5. The van der Waals surface area contributed by atoms with Gasteiger partial charge in [0.25, 0.3) is 11.8 Å². The van der Waals surface area contributed by atoms with Gasteiger partial charge in [0, 0.05) is 22.6 Å². The van der Waals surface area contributed by atoms with Gasteiger partial charge in [0.1, 0.15) is 35.1 Å². The Hall–Kier alpha value is -6.24. The van der Waals surface area contributed by atoms with E-state index in [9.17, 15) is 34.2 Å². The Labute approximate surface area is 369 Å². The summed E-state index contributed by atoms with van der Waals surface area (Å²) in [7, 11) is 0. The molecule has 4 N–H and O–H groups in total. The third kappa shape index (κ3) is 10.4. The van der Waals surface area contributed by atoms with E-state index in [1.165, 1.54) is 18.2 Å². The third-order valence-electron chi connectivity index (χ3n) is 10.4. The Kier molecular flexibility index (Phi) is 14.7. The molecule has 2 amide bonds. The standard InChI is InChI=1S/C15H14Cl2N2O3.2C15H18N2O3/c1-5-6-21-12-8-11(9(16)7-10(12)17)19-14(20)22-13(18-19)15(2,3)4;1-8(2)15(4)14(20)16-12(17-15)11-7-9(3)5-6-10(11)13(18)19;1-8(2)15(4)14(20)16-12(17-15)10-6-5-9(3)7-11(10)13(18)19/h1,7-8H,6H2,2-4H3;2*5-8H,1-4H3,(H,18,19)(H,16,17,20). The van der Waals surface area contributed by atoms with E-state index in [-0.39, 0.29) is 51.4 Å². The van der Waals surface area contributed by atoms with Crippen LogP contribution >= 0.6 is 23.2 Å². The predicted molar refractivity (Wildman–Crippen MR) is 237 cm³/mol. The Balaban J connectivity index is 0.000000205. The molecule has 2 unspecified atom stereocenters. The molecule has 2 aliphatic rings. The van der Waals surface area contributed by atoms with Gasteiger partial charge in [-0.3, -0.25) is 19.6 Å². The summed E-state index contributed by atoms with van der Waals surface area (Å²) in [4.78, 5) is 67.8. The molecule has 0 saturated heterocycles. The summed E-state index contributed by atoms with van der Waals surface area (Å²) in [5.74, 6) is 0.585. The van der Waals surface area contributed by atoms with Crippen molar-refractivity contribution in [1.29, 1.82) is 0 Å². The summed E-state index contributed by atoms with van der Waals surface area (Å²) in [6, 6.07) is 13.0. The number of carbonyl (C=O) groups excluding carboxylic acids is 2. The molecule has 0 bridgehead atoms. The maximum atomic E-state index is 12.1. The Morgan fingerprint density at radius 1 is 0.823 bits per heavy atom. The number of aromatic carboxylic acids is 2. The first-order chi connectivity index (χ1) is 28.7. The highest BCUT2D eigenvalue weighted by Crippen LogP contribution is 2.33. The molecule has 328 valence electrons. The number of rotatable bonds is 9. The zero-order chi connectivity index (χ0) is 46.6. The van der Waals surface area contributed by atoms with Crippen LogP contribution in [-0.2, 0) is 15.0 Å². The Morgan fingerprint density at radius 2 is 1.34 bits per heavy atom. The average molecular weight is 890 g/mol. The van der Waals surface area contributed by atoms with Crippen molar-refractivity contribution in [2.45, 2.75) is 92.7 Å². The van der Waals surface area contributed by atoms with E-state index >= 15 is 0 Å². The number of hydrogen-bond donors (Lipinski definition) is 4. The van der Waals surface area contributed by atoms with Gasteiger partial charge >= 0.3 is 17.7 Å². The second kappa shape index (κ2) is 18.8. The fourth-order valence-electron chi connectivity index (χ4n) is 5.85. The van der Waals surface area contributed by atoms with Crippen molar-refractivity contribution < 1.29 is 38.5 Å². The summed E-state index contributed by atoms with van der Waals surface area (Å²) in [6.45, 7) is 20.6. The molecule has 0 radical (unpaired) electrons. The largest absolute Gasteiger partial charge is 0.479 e. The first-order valence-corrected chi connectivity index (χ1v) is 20.2. The number of hydrogen-bond acceptors (Lipinski definition) is 10. The molecule has 0 saturated carbocycles. The number of carbonyl (C=O) groups is 4. The van der Waals surface area contributed by atoms with Crippen molar-refractivity contribution >= 4 is 58.6 Å². The molecule has 6 rings (SSSR count). The number of nitrogens with zero attached hydrogens (tertiary/aromatic N) is 4. The zero-order valence-corrected chi connectivity index (χ0v) is 37.9. The molecule has 0 spiro atoms. The van der Waals surface area contributed by atoms with Crippen molar-refractivity contribution in [2.24, 2.45) is 21.8 Å². The van der Waals surface area contributed by atoms with Gasteiger partial charge in [-0.1, -0.05) is 107 Å². The van der Waals surface area contributed by atoms with Crippen LogP contribution in [0.1, 0.15) is 111 Å². The molecule has 3 aromatic carbocycles. The number of carboxylic acid groups (broad SMARTS) is 2. The average Bonchev–Trinajstić information content (AvgIpc) is 3.83. The molecular weight excluding hydrogens is 839 g/mol. The first-order valence-electron chi connectivity index (χ1n) is 19.4. The van der Waals surface area contributed by atoms with Crippen molar-refractivity contribution in [3.8, 4) is 23.8 Å². The number of amides is 2. The summed E-state index contributed by atoms with van der Waals surface area (Å²) in [5, 5.41) is 28.7. The predicted octanol–water partition coefficient (Wildman–Crippen LogP) is 7.41. The number of aryl methyl sites for hydroxylation is 2. The molecule has 3 heterocycles. The van der Waals surface area contributed by atoms with Gasteiger partial charge in [-0.15, -0.1) is 11.5 Å². The Bertz CT molecular complexity index is 2600. The van der Waals surface area contributed by atoms with E-state index in [2.05, 4.69) is 31.6 Å². The van der Waals surface area contributed by atoms with E-state index < -0.39 is 34.2 Å². The van der Waals surface area contributed by atoms with Crippen LogP contribution in [-0.4, -0.2) is 73.1 Å². The minimum absolute atomic E-state index is 0.0260. The molecule has 2 aliphatic heterocycles. The quantitative estimate of drug-likeness (QED) is 0.122. The number of nitrogens with one attached hydrogen (secondary N) is 2. The van der Waals surface area contributed by atoms with E-state index in [1.54, 1.807) is 38.1 Å². The minimum atomic E-state index is -1.03. The molecular formula is C45H50Cl2N6O9. The van der Waals surface area contributed by atoms with Gasteiger partial charge in [0.15, 0.2) is 0 Å². The number of aliphatic imine (C=N–C) groups is 2. The maximum absolute atomic E-state index is 12.1. The van der Waals surface area contributed by atoms with Gasteiger partial charge in [0.05, 0.1) is 26.9 Å².